The molecule has 0 unspecified atom stereocenters. The molecule has 0 aromatic rings. The molecule has 0 saturated carbocycles. The van der Waals surface area contributed by atoms with E-state index in [0.717, 1.165) is 19.6 Å². The summed E-state index contributed by atoms with van der Waals surface area (Å²) in [6, 6.07) is 0. The van der Waals surface area contributed by atoms with E-state index >= 15 is 0 Å². The number of hydrogen-bond donors (Lipinski definition) is 2. The van der Waals surface area contributed by atoms with Crippen LogP contribution in [0.3, 0.4) is 0 Å². The van der Waals surface area contributed by atoms with Crippen LogP contribution in [0.2, 0.25) is 0 Å². The van der Waals surface area contributed by atoms with Crippen molar-refractivity contribution in [1.29, 1.82) is 0 Å². The molecule has 1 aliphatic heterocycles. The average Bonchev–Trinajstić information content (AvgIpc) is 2.46. The first kappa shape index (κ1) is 17.9. The van der Waals surface area contributed by atoms with Gasteiger partial charge in [-0.1, -0.05) is 0 Å². The molecule has 1 fully saturated rings. The number of nitrogens with two attached hydrogens (primary N) is 1. The van der Waals surface area contributed by atoms with Crippen LogP contribution < -0.4 is 11.1 Å². The number of amides is 2. The highest BCUT2D eigenvalue weighted by atomic mass is 16.5. The van der Waals surface area contributed by atoms with Crippen molar-refractivity contribution >= 4 is 11.8 Å². The summed E-state index contributed by atoms with van der Waals surface area (Å²) in [7, 11) is 0. The van der Waals surface area contributed by atoms with E-state index in [9.17, 15) is 9.59 Å². The standard InChI is InChI=1S/C14H28N4O3/c1-12(2)21-11-3-5-16-13(19)14(20)18-9-7-17(6-4-15)8-10-18/h12H,3-11,15H2,1-2H3,(H,16,19). The number of ether oxygens (including phenoxy) is 1. The summed E-state index contributed by atoms with van der Waals surface area (Å²) in [5.74, 6) is -0.959. The number of nitrogens with zero attached hydrogens (tertiary/aromatic N) is 2. The predicted molar refractivity (Wildman–Crippen MR) is 80.8 cm³/mol. The fourth-order valence-corrected chi connectivity index (χ4v) is 2.17. The Kier molecular flexibility index (Phi) is 8.26. The molecule has 0 bridgehead atoms. The predicted octanol–water partition coefficient (Wildman–Crippen LogP) is -0.979. The van der Waals surface area contributed by atoms with Gasteiger partial charge in [-0.2, -0.15) is 0 Å². The smallest absolute Gasteiger partial charge is 0.311 e. The summed E-state index contributed by atoms with van der Waals surface area (Å²) in [5, 5.41) is 2.65. The fraction of sp³-hybridized carbons (Fsp3) is 0.857. The van der Waals surface area contributed by atoms with Crippen LogP contribution in [0.25, 0.3) is 0 Å². The summed E-state index contributed by atoms with van der Waals surface area (Å²) in [6.45, 7) is 9.16. The molecule has 7 nitrogen and oxygen atoms in total. The molecular weight excluding hydrogens is 272 g/mol. The van der Waals surface area contributed by atoms with Crippen molar-refractivity contribution < 1.29 is 14.3 Å². The Morgan fingerprint density at radius 2 is 1.90 bits per heavy atom. The zero-order valence-corrected chi connectivity index (χ0v) is 13.1. The van der Waals surface area contributed by atoms with Crippen molar-refractivity contribution in [2.45, 2.75) is 26.4 Å². The van der Waals surface area contributed by atoms with Crippen LogP contribution in [0, 0.1) is 0 Å². The highest BCUT2D eigenvalue weighted by Crippen LogP contribution is 2.01. The molecule has 0 aromatic carbocycles. The lowest BCUT2D eigenvalue weighted by molar-refractivity contribution is -0.147. The van der Waals surface area contributed by atoms with Crippen LogP contribution in [0.15, 0.2) is 0 Å². The highest BCUT2D eigenvalue weighted by Gasteiger charge is 2.25. The Morgan fingerprint density at radius 1 is 1.24 bits per heavy atom. The lowest BCUT2D eigenvalue weighted by atomic mass is 10.3. The number of rotatable bonds is 7. The van der Waals surface area contributed by atoms with Gasteiger partial charge in [0, 0.05) is 52.4 Å². The maximum absolute atomic E-state index is 12.0. The molecule has 3 N–H and O–H groups in total. The lowest BCUT2D eigenvalue weighted by Crippen LogP contribution is -2.53. The third-order valence-electron chi connectivity index (χ3n) is 3.36. The van der Waals surface area contributed by atoms with Gasteiger partial charge in [0.1, 0.15) is 0 Å². The van der Waals surface area contributed by atoms with E-state index in [0.29, 0.717) is 39.2 Å². The van der Waals surface area contributed by atoms with E-state index in [1.807, 2.05) is 13.8 Å². The van der Waals surface area contributed by atoms with Gasteiger partial charge in [-0.05, 0) is 20.3 Å². The SMILES string of the molecule is CC(C)OCCCNC(=O)C(=O)N1CCN(CCN)CC1. The summed E-state index contributed by atoms with van der Waals surface area (Å²) in [5.41, 5.74) is 5.50. The highest BCUT2D eigenvalue weighted by molar-refractivity contribution is 6.35. The minimum absolute atomic E-state index is 0.187. The van der Waals surface area contributed by atoms with E-state index in [2.05, 4.69) is 10.2 Å². The molecule has 2 amide bonds. The third-order valence-corrected chi connectivity index (χ3v) is 3.36. The Labute approximate surface area is 126 Å². The maximum atomic E-state index is 12.0. The Hall–Kier alpha value is -1.18. The molecule has 0 atom stereocenters. The second kappa shape index (κ2) is 9.70. The van der Waals surface area contributed by atoms with Crippen molar-refractivity contribution in [2.75, 3.05) is 52.4 Å². The molecule has 0 aromatic heterocycles. The Morgan fingerprint density at radius 3 is 2.48 bits per heavy atom. The number of piperazine rings is 1. The van der Waals surface area contributed by atoms with Gasteiger partial charge in [0.25, 0.3) is 0 Å². The zero-order chi connectivity index (χ0) is 15.7. The van der Waals surface area contributed by atoms with Crippen molar-refractivity contribution in [3.8, 4) is 0 Å². The topological polar surface area (TPSA) is 87.9 Å². The third kappa shape index (κ3) is 6.88. The fourth-order valence-electron chi connectivity index (χ4n) is 2.17. The molecule has 1 heterocycles. The summed E-state index contributed by atoms with van der Waals surface area (Å²) >= 11 is 0. The number of hydrogen-bond acceptors (Lipinski definition) is 5. The first-order valence-electron chi connectivity index (χ1n) is 7.65. The van der Waals surface area contributed by atoms with Crippen molar-refractivity contribution in [3.05, 3.63) is 0 Å². The van der Waals surface area contributed by atoms with Gasteiger partial charge in [0.2, 0.25) is 0 Å². The van der Waals surface area contributed by atoms with Gasteiger partial charge in [-0.25, -0.2) is 0 Å². The molecule has 7 heteroatoms. The largest absolute Gasteiger partial charge is 0.379 e. The Balaban J connectivity index is 2.18. The van der Waals surface area contributed by atoms with E-state index in [1.165, 1.54) is 0 Å². The number of carbonyl (C=O) groups excluding carboxylic acids is 2. The maximum Gasteiger partial charge on any atom is 0.311 e. The van der Waals surface area contributed by atoms with Gasteiger partial charge in [-0.15, -0.1) is 0 Å². The first-order chi connectivity index (χ1) is 10.0. The van der Waals surface area contributed by atoms with E-state index in [4.69, 9.17) is 10.5 Å². The van der Waals surface area contributed by atoms with Gasteiger partial charge in [0.15, 0.2) is 0 Å². The van der Waals surface area contributed by atoms with Crippen LogP contribution in [-0.4, -0.2) is 80.1 Å². The molecule has 122 valence electrons. The molecule has 1 aliphatic rings. The summed E-state index contributed by atoms with van der Waals surface area (Å²) in [6.07, 6.45) is 0.897. The second-order valence-electron chi connectivity index (χ2n) is 5.45. The van der Waals surface area contributed by atoms with E-state index in [-0.39, 0.29) is 6.10 Å². The Bertz CT molecular complexity index is 328. The second-order valence-corrected chi connectivity index (χ2v) is 5.45. The molecule has 0 aliphatic carbocycles. The molecular formula is C14H28N4O3. The quantitative estimate of drug-likeness (QED) is 0.466. The van der Waals surface area contributed by atoms with Crippen LogP contribution in [0.1, 0.15) is 20.3 Å². The van der Waals surface area contributed by atoms with Crippen LogP contribution in [-0.2, 0) is 14.3 Å². The van der Waals surface area contributed by atoms with Gasteiger partial charge in [0.05, 0.1) is 6.10 Å². The molecule has 0 radical (unpaired) electrons. The van der Waals surface area contributed by atoms with Gasteiger partial charge >= 0.3 is 11.8 Å². The van der Waals surface area contributed by atoms with Crippen molar-refractivity contribution in [1.82, 2.24) is 15.1 Å². The van der Waals surface area contributed by atoms with Crippen molar-refractivity contribution in [3.63, 3.8) is 0 Å². The molecule has 0 spiro atoms. The molecule has 1 saturated heterocycles. The van der Waals surface area contributed by atoms with E-state index in [1.54, 1.807) is 4.90 Å². The first-order valence-corrected chi connectivity index (χ1v) is 7.65. The zero-order valence-electron chi connectivity index (χ0n) is 13.1. The number of carbonyl (C=O) groups is 2. The summed E-state index contributed by atoms with van der Waals surface area (Å²) < 4.78 is 5.37. The van der Waals surface area contributed by atoms with Gasteiger partial charge in [-0.3, -0.25) is 14.5 Å². The van der Waals surface area contributed by atoms with Crippen LogP contribution in [0.4, 0.5) is 0 Å². The number of nitrogens with one attached hydrogen (secondary N) is 1. The van der Waals surface area contributed by atoms with Crippen LogP contribution in [0.5, 0.6) is 0 Å². The molecule has 1 rings (SSSR count). The van der Waals surface area contributed by atoms with Crippen molar-refractivity contribution in [2.24, 2.45) is 5.73 Å². The van der Waals surface area contributed by atoms with E-state index < -0.39 is 11.8 Å². The minimum Gasteiger partial charge on any atom is -0.379 e. The average molecular weight is 300 g/mol. The lowest BCUT2D eigenvalue weighted by Gasteiger charge is -2.34. The monoisotopic (exact) mass is 300 g/mol. The summed E-state index contributed by atoms with van der Waals surface area (Å²) in [4.78, 5) is 27.5. The van der Waals surface area contributed by atoms with Crippen LogP contribution >= 0.6 is 0 Å². The molecule has 21 heavy (non-hydrogen) atoms. The minimum atomic E-state index is -0.521. The van der Waals surface area contributed by atoms with Gasteiger partial charge < -0.3 is 20.7 Å². The normalized spacial score (nSPS) is 16.3.